The highest BCUT2D eigenvalue weighted by Crippen LogP contribution is 2.14. The molecule has 0 aliphatic carbocycles. The maximum Gasteiger partial charge on any atom is 0.408 e. The number of amides is 4. The molecule has 2 rings (SSSR count). The van der Waals surface area contributed by atoms with Crippen LogP contribution in [0.3, 0.4) is 0 Å². The summed E-state index contributed by atoms with van der Waals surface area (Å²) >= 11 is 0. The van der Waals surface area contributed by atoms with E-state index >= 15 is 0 Å². The molecular weight excluding hydrogens is 586 g/mol. The lowest BCUT2D eigenvalue weighted by atomic mass is 9.95. The van der Waals surface area contributed by atoms with Gasteiger partial charge in [0.05, 0.1) is 18.6 Å². The van der Waals surface area contributed by atoms with E-state index in [1.807, 2.05) is 71.9 Å². The van der Waals surface area contributed by atoms with Crippen LogP contribution >= 0.6 is 0 Å². The molecule has 0 radical (unpaired) electrons. The third kappa shape index (κ3) is 14.9. The fraction of sp³-hybridized carbons (Fsp3) is 0.571. The van der Waals surface area contributed by atoms with Crippen LogP contribution in [-0.4, -0.2) is 64.7 Å². The van der Waals surface area contributed by atoms with Crippen LogP contribution in [0, 0.1) is 17.8 Å². The lowest BCUT2D eigenvalue weighted by Gasteiger charge is -2.29. The Kier molecular flexibility index (Phi) is 16.8. The highest BCUT2D eigenvalue weighted by atomic mass is 16.5. The van der Waals surface area contributed by atoms with E-state index in [0.717, 1.165) is 17.5 Å². The minimum Gasteiger partial charge on any atom is -0.445 e. The van der Waals surface area contributed by atoms with Gasteiger partial charge in [0.1, 0.15) is 18.7 Å². The number of aromatic nitrogens is 1. The van der Waals surface area contributed by atoms with Crippen molar-refractivity contribution in [2.75, 3.05) is 6.54 Å². The van der Waals surface area contributed by atoms with Crippen molar-refractivity contribution in [3.05, 3.63) is 66.0 Å². The van der Waals surface area contributed by atoms with Gasteiger partial charge in [0.25, 0.3) is 0 Å². The highest BCUT2D eigenvalue weighted by Gasteiger charge is 2.31. The molecule has 0 aliphatic rings. The van der Waals surface area contributed by atoms with E-state index in [4.69, 9.17) is 4.74 Å². The molecule has 11 nitrogen and oxygen atoms in total. The van der Waals surface area contributed by atoms with Gasteiger partial charge in [0.15, 0.2) is 0 Å². The average molecular weight is 640 g/mol. The van der Waals surface area contributed by atoms with Crippen molar-refractivity contribution in [3.63, 3.8) is 0 Å². The molecule has 0 saturated heterocycles. The number of pyridine rings is 1. The Hall–Kier alpha value is -3.99. The first-order valence-electron chi connectivity index (χ1n) is 16.3. The SMILES string of the molecule is CCC(C)CNC(=O)CC(O)C(CC(C)C)NC(=O)[C@H](CC(C)C)NC(=O)[C@H](Cc1ccncc1)NC(=O)OCc1ccccc1. The van der Waals surface area contributed by atoms with Crippen LogP contribution in [-0.2, 0) is 32.1 Å². The van der Waals surface area contributed by atoms with Gasteiger partial charge in [0, 0.05) is 25.4 Å². The average Bonchev–Trinajstić information content (AvgIpc) is 3.02. The summed E-state index contributed by atoms with van der Waals surface area (Å²) in [5.74, 6) is -0.835. The molecule has 11 heteroatoms. The van der Waals surface area contributed by atoms with Gasteiger partial charge in [-0.05, 0) is 53.9 Å². The van der Waals surface area contributed by atoms with Crippen LogP contribution in [0.15, 0.2) is 54.9 Å². The number of hydrogen-bond donors (Lipinski definition) is 5. The van der Waals surface area contributed by atoms with Gasteiger partial charge in [-0.1, -0.05) is 78.3 Å². The predicted octanol–water partition coefficient (Wildman–Crippen LogP) is 3.89. The Bertz CT molecular complexity index is 1210. The summed E-state index contributed by atoms with van der Waals surface area (Å²) in [6.45, 7) is 12.4. The van der Waals surface area contributed by atoms with Gasteiger partial charge >= 0.3 is 6.09 Å². The molecule has 5 atom stereocenters. The van der Waals surface area contributed by atoms with Crippen LogP contribution in [0.1, 0.15) is 78.4 Å². The molecule has 1 aromatic heterocycles. The predicted molar refractivity (Wildman–Crippen MR) is 177 cm³/mol. The van der Waals surface area contributed by atoms with Crippen molar-refractivity contribution in [1.29, 1.82) is 0 Å². The topological polar surface area (TPSA) is 159 Å². The molecule has 0 fully saturated rings. The first kappa shape index (κ1) is 38.2. The smallest absolute Gasteiger partial charge is 0.408 e. The van der Waals surface area contributed by atoms with Gasteiger partial charge in [-0.3, -0.25) is 19.4 Å². The lowest BCUT2D eigenvalue weighted by Crippen LogP contribution is -2.57. The third-order valence-electron chi connectivity index (χ3n) is 7.61. The minimum absolute atomic E-state index is 0.0316. The number of nitrogens with zero attached hydrogens (tertiary/aromatic N) is 1. The molecule has 0 spiro atoms. The third-order valence-corrected chi connectivity index (χ3v) is 7.61. The Morgan fingerprint density at radius 2 is 1.43 bits per heavy atom. The first-order valence-corrected chi connectivity index (χ1v) is 16.3. The Morgan fingerprint density at radius 1 is 0.804 bits per heavy atom. The molecular formula is C35H53N5O6. The molecule has 46 heavy (non-hydrogen) atoms. The minimum atomic E-state index is -1.11. The van der Waals surface area contributed by atoms with Crippen molar-refractivity contribution >= 4 is 23.8 Å². The van der Waals surface area contributed by atoms with Crippen molar-refractivity contribution in [2.24, 2.45) is 17.8 Å². The van der Waals surface area contributed by atoms with Gasteiger partial charge in [-0.2, -0.15) is 0 Å². The van der Waals surface area contributed by atoms with E-state index in [9.17, 15) is 24.3 Å². The number of ether oxygens (including phenoxy) is 1. The van der Waals surface area contributed by atoms with Crippen LogP contribution in [0.25, 0.3) is 0 Å². The molecule has 254 valence electrons. The summed E-state index contributed by atoms with van der Waals surface area (Å²) in [7, 11) is 0. The fourth-order valence-electron chi connectivity index (χ4n) is 4.79. The molecule has 5 N–H and O–H groups in total. The van der Waals surface area contributed by atoms with Crippen LogP contribution in [0.2, 0.25) is 0 Å². The maximum absolute atomic E-state index is 13.7. The number of rotatable bonds is 19. The fourth-order valence-corrected chi connectivity index (χ4v) is 4.79. The van der Waals surface area contributed by atoms with Gasteiger partial charge in [-0.25, -0.2) is 4.79 Å². The summed E-state index contributed by atoms with van der Waals surface area (Å²) in [5, 5.41) is 22.2. The van der Waals surface area contributed by atoms with Crippen molar-refractivity contribution in [1.82, 2.24) is 26.3 Å². The standard InChI is InChI=1S/C35H53N5O6/c1-7-25(6)21-37-32(42)20-31(41)28(17-23(2)3)38-33(43)29(18-24(4)5)39-34(44)30(19-26-13-15-36-16-14-26)40-35(45)46-22-27-11-9-8-10-12-27/h8-16,23-25,28-31,41H,7,17-22H2,1-6H3,(H,37,42)(H,38,43)(H,39,44)(H,40,45)/t25?,28?,29-,30-,31?/m0/s1. The zero-order valence-electron chi connectivity index (χ0n) is 28.1. The number of carbonyl (C=O) groups is 4. The largest absolute Gasteiger partial charge is 0.445 e. The Labute approximate surface area is 273 Å². The van der Waals surface area contributed by atoms with E-state index in [1.165, 1.54) is 0 Å². The number of alkyl carbamates (subject to hydrolysis) is 1. The van der Waals surface area contributed by atoms with Gasteiger partial charge in [0.2, 0.25) is 17.7 Å². The second-order valence-corrected chi connectivity index (χ2v) is 12.8. The molecule has 1 aromatic carbocycles. The van der Waals surface area contributed by atoms with Gasteiger partial charge < -0.3 is 31.1 Å². The lowest BCUT2D eigenvalue weighted by molar-refractivity contribution is -0.131. The van der Waals surface area contributed by atoms with Crippen molar-refractivity contribution < 1.29 is 29.0 Å². The Morgan fingerprint density at radius 3 is 2.04 bits per heavy atom. The zero-order chi connectivity index (χ0) is 34.1. The molecule has 2 aromatic rings. The number of hydrogen-bond acceptors (Lipinski definition) is 7. The van der Waals surface area contributed by atoms with Crippen molar-refractivity contribution in [3.8, 4) is 0 Å². The van der Waals surface area contributed by atoms with E-state index < -0.39 is 42.1 Å². The summed E-state index contributed by atoms with van der Waals surface area (Å²) in [6, 6.07) is 9.98. The van der Waals surface area contributed by atoms with Crippen molar-refractivity contribution in [2.45, 2.75) is 104 Å². The molecule has 1 heterocycles. The molecule has 0 aliphatic heterocycles. The summed E-state index contributed by atoms with van der Waals surface area (Å²) < 4.78 is 5.37. The van der Waals surface area contributed by atoms with E-state index in [-0.39, 0.29) is 37.2 Å². The Balaban J connectivity index is 2.16. The zero-order valence-corrected chi connectivity index (χ0v) is 28.1. The number of benzene rings is 1. The second-order valence-electron chi connectivity index (χ2n) is 12.8. The highest BCUT2D eigenvalue weighted by molar-refractivity contribution is 5.91. The quantitative estimate of drug-likeness (QED) is 0.156. The molecule has 0 saturated carbocycles. The number of nitrogens with one attached hydrogen (secondary N) is 4. The molecule has 3 unspecified atom stereocenters. The molecule has 0 bridgehead atoms. The summed E-state index contributed by atoms with van der Waals surface area (Å²) in [4.78, 5) is 56.6. The van der Waals surface area contributed by atoms with E-state index in [1.54, 1.807) is 24.5 Å². The van der Waals surface area contributed by atoms with Crippen LogP contribution in [0.4, 0.5) is 4.79 Å². The van der Waals surface area contributed by atoms with E-state index in [0.29, 0.717) is 25.3 Å². The van der Waals surface area contributed by atoms with Gasteiger partial charge in [-0.15, -0.1) is 0 Å². The monoisotopic (exact) mass is 639 g/mol. The summed E-state index contributed by atoms with van der Waals surface area (Å²) in [5.41, 5.74) is 1.56. The molecule has 4 amide bonds. The van der Waals surface area contributed by atoms with Crippen LogP contribution in [0.5, 0.6) is 0 Å². The number of aliphatic hydroxyl groups is 1. The maximum atomic E-state index is 13.7. The van der Waals surface area contributed by atoms with Crippen LogP contribution < -0.4 is 21.3 Å². The number of aliphatic hydroxyl groups excluding tert-OH is 1. The number of carbonyl (C=O) groups excluding carboxylic acids is 4. The van der Waals surface area contributed by atoms with E-state index in [2.05, 4.69) is 26.3 Å². The first-order chi connectivity index (χ1) is 21.9. The second kappa shape index (κ2) is 20.2. The summed E-state index contributed by atoms with van der Waals surface area (Å²) in [6.07, 6.45) is 2.98. The normalized spacial score (nSPS) is 14.5.